The number of fused-ring (bicyclic) bond motifs is 1. The van der Waals surface area contributed by atoms with E-state index in [9.17, 15) is 0 Å². The summed E-state index contributed by atoms with van der Waals surface area (Å²) < 4.78 is 3.53. The molecule has 3 heteroatoms. The summed E-state index contributed by atoms with van der Waals surface area (Å²) >= 11 is 3.63. The van der Waals surface area contributed by atoms with Gasteiger partial charge in [-0.05, 0) is 41.5 Å². The number of benzene rings is 1. The van der Waals surface area contributed by atoms with E-state index in [1.807, 2.05) is 0 Å². The number of nitrogens with two attached hydrogens (primary N) is 1. The van der Waals surface area contributed by atoms with Crippen molar-refractivity contribution in [2.24, 2.45) is 11.1 Å². The molecule has 0 aliphatic heterocycles. The lowest BCUT2D eigenvalue weighted by molar-refractivity contribution is 0.276. The normalized spacial score (nSPS) is 20.7. The van der Waals surface area contributed by atoms with Gasteiger partial charge in [-0.25, -0.2) is 0 Å². The van der Waals surface area contributed by atoms with Gasteiger partial charge in [0.05, 0.1) is 0 Å². The standard InChI is InChI=1S/C17H21BrN2/c1-17(2)9-15(19)13-7-8-20(16(13)10-17)11-12-5-3-4-6-14(12)18/h3-8,15H,9-11,19H2,1-2H3. The van der Waals surface area contributed by atoms with Gasteiger partial charge in [-0.1, -0.05) is 48.0 Å². The van der Waals surface area contributed by atoms with E-state index in [0.717, 1.165) is 19.4 Å². The Labute approximate surface area is 129 Å². The maximum atomic E-state index is 6.34. The summed E-state index contributed by atoms with van der Waals surface area (Å²) in [5, 5.41) is 0. The number of halogens is 1. The zero-order valence-electron chi connectivity index (χ0n) is 12.1. The lowest BCUT2D eigenvalue weighted by atomic mass is 9.74. The van der Waals surface area contributed by atoms with E-state index in [1.165, 1.54) is 21.3 Å². The highest BCUT2D eigenvalue weighted by molar-refractivity contribution is 9.10. The molecule has 1 heterocycles. The Balaban J connectivity index is 1.95. The van der Waals surface area contributed by atoms with Gasteiger partial charge in [0, 0.05) is 29.0 Å². The van der Waals surface area contributed by atoms with Crippen molar-refractivity contribution < 1.29 is 0 Å². The highest BCUT2D eigenvalue weighted by atomic mass is 79.9. The van der Waals surface area contributed by atoms with E-state index in [-0.39, 0.29) is 11.5 Å². The third-order valence-electron chi connectivity index (χ3n) is 4.23. The van der Waals surface area contributed by atoms with Crippen LogP contribution < -0.4 is 5.73 Å². The molecule has 0 amide bonds. The summed E-state index contributed by atoms with van der Waals surface area (Å²) in [6.45, 7) is 5.52. The third-order valence-corrected chi connectivity index (χ3v) is 5.00. The molecule has 1 aromatic carbocycles. The Morgan fingerprint density at radius 2 is 2.05 bits per heavy atom. The van der Waals surface area contributed by atoms with Crippen molar-refractivity contribution in [1.29, 1.82) is 0 Å². The maximum Gasteiger partial charge on any atom is 0.0484 e. The second kappa shape index (κ2) is 5.05. The molecule has 0 saturated carbocycles. The molecule has 0 radical (unpaired) electrons. The molecule has 1 aliphatic rings. The molecule has 1 atom stereocenters. The summed E-state index contributed by atoms with van der Waals surface area (Å²) in [6, 6.07) is 10.8. The van der Waals surface area contributed by atoms with Crippen LogP contribution in [0.3, 0.4) is 0 Å². The average molecular weight is 333 g/mol. The Hall–Kier alpha value is -1.06. The first-order valence-corrected chi connectivity index (χ1v) is 7.92. The van der Waals surface area contributed by atoms with Crippen LogP contribution in [0, 0.1) is 5.41 Å². The van der Waals surface area contributed by atoms with Crippen LogP contribution in [-0.4, -0.2) is 4.57 Å². The maximum absolute atomic E-state index is 6.34. The van der Waals surface area contributed by atoms with Crippen LogP contribution in [0.1, 0.15) is 43.1 Å². The van der Waals surface area contributed by atoms with Crippen LogP contribution in [0.5, 0.6) is 0 Å². The molecule has 0 saturated heterocycles. The minimum absolute atomic E-state index is 0.175. The van der Waals surface area contributed by atoms with E-state index in [1.54, 1.807) is 0 Å². The van der Waals surface area contributed by atoms with Gasteiger partial charge in [-0.3, -0.25) is 0 Å². The van der Waals surface area contributed by atoms with Gasteiger partial charge in [-0.15, -0.1) is 0 Å². The number of aromatic nitrogens is 1. The molecule has 0 fully saturated rings. The molecular weight excluding hydrogens is 312 g/mol. The van der Waals surface area contributed by atoms with Crippen molar-refractivity contribution in [3.63, 3.8) is 0 Å². The van der Waals surface area contributed by atoms with Gasteiger partial charge in [0.1, 0.15) is 0 Å². The fourth-order valence-electron chi connectivity index (χ4n) is 3.25. The first-order chi connectivity index (χ1) is 9.46. The lowest BCUT2D eigenvalue weighted by Gasteiger charge is -2.34. The Morgan fingerprint density at radius 3 is 2.80 bits per heavy atom. The van der Waals surface area contributed by atoms with Gasteiger partial charge < -0.3 is 10.3 Å². The van der Waals surface area contributed by atoms with Crippen molar-refractivity contribution in [3.05, 3.63) is 57.8 Å². The van der Waals surface area contributed by atoms with Crippen molar-refractivity contribution in [2.75, 3.05) is 0 Å². The molecule has 2 nitrogen and oxygen atoms in total. The number of rotatable bonds is 2. The molecule has 1 aliphatic carbocycles. The van der Waals surface area contributed by atoms with Crippen LogP contribution in [0.15, 0.2) is 41.0 Å². The van der Waals surface area contributed by atoms with Crippen LogP contribution in [0.25, 0.3) is 0 Å². The molecule has 1 aromatic heterocycles. The number of nitrogens with zero attached hydrogens (tertiary/aromatic N) is 1. The van der Waals surface area contributed by atoms with Gasteiger partial charge in [0.15, 0.2) is 0 Å². The van der Waals surface area contributed by atoms with Crippen molar-refractivity contribution in [1.82, 2.24) is 4.57 Å². The van der Waals surface area contributed by atoms with E-state index in [2.05, 4.69) is 70.9 Å². The Morgan fingerprint density at radius 1 is 1.30 bits per heavy atom. The number of hydrogen-bond donors (Lipinski definition) is 1. The first-order valence-electron chi connectivity index (χ1n) is 7.13. The molecule has 0 spiro atoms. The Kier molecular flexibility index (Phi) is 3.51. The minimum Gasteiger partial charge on any atom is -0.347 e. The largest absolute Gasteiger partial charge is 0.347 e. The summed E-state index contributed by atoms with van der Waals surface area (Å²) in [7, 11) is 0. The van der Waals surface area contributed by atoms with Gasteiger partial charge in [-0.2, -0.15) is 0 Å². The summed E-state index contributed by atoms with van der Waals surface area (Å²) in [5.41, 5.74) is 10.7. The van der Waals surface area contributed by atoms with Crippen LogP contribution in [0.2, 0.25) is 0 Å². The zero-order chi connectivity index (χ0) is 14.3. The molecule has 106 valence electrons. The monoisotopic (exact) mass is 332 g/mol. The topological polar surface area (TPSA) is 30.9 Å². The quantitative estimate of drug-likeness (QED) is 0.874. The average Bonchev–Trinajstić information content (AvgIpc) is 2.74. The van der Waals surface area contributed by atoms with Gasteiger partial charge >= 0.3 is 0 Å². The summed E-state index contributed by atoms with van der Waals surface area (Å²) in [5.74, 6) is 0. The highest BCUT2D eigenvalue weighted by Crippen LogP contribution is 2.40. The first kappa shape index (κ1) is 13.9. The zero-order valence-corrected chi connectivity index (χ0v) is 13.7. The van der Waals surface area contributed by atoms with Crippen LogP contribution in [-0.2, 0) is 13.0 Å². The fraction of sp³-hybridized carbons (Fsp3) is 0.412. The fourth-order valence-corrected chi connectivity index (χ4v) is 3.66. The van der Waals surface area contributed by atoms with E-state index >= 15 is 0 Å². The molecule has 0 bridgehead atoms. The molecule has 1 unspecified atom stereocenters. The molecule has 20 heavy (non-hydrogen) atoms. The Bertz CT molecular complexity index is 628. The SMILES string of the molecule is CC1(C)Cc2c(ccn2Cc2ccccc2Br)C(N)C1. The summed E-state index contributed by atoms with van der Waals surface area (Å²) in [6.07, 6.45) is 4.36. The lowest BCUT2D eigenvalue weighted by Crippen LogP contribution is -2.30. The van der Waals surface area contributed by atoms with E-state index in [4.69, 9.17) is 5.73 Å². The highest BCUT2D eigenvalue weighted by Gasteiger charge is 2.32. The van der Waals surface area contributed by atoms with Crippen molar-refractivity contribution in [2.45, 2.75) is 39.3 Å². The molecule has 2 N–H and O–H groups in total. The van der Waals surface area contributed by atoms with Gasteiger partial charge in [0.2, 0.25) is 0 Å². The van der Waals surface area contributed by atoms with Gasteiger partial charge in [0.25, 0.3) is 0 Å². The van der Waals surface area contributed by atoms with Crippen molar-refractivity contribution in [3.8, 4) is 0 Å². The third kappa shape index (κ3) is 2.57. The van der Waals surface area contributed by atoms with Crippen LogP contribution in [0.4, 0.5) is 0 Å². The van der Waals surface area contributed by atoms with Crippen molar-refractivity contribution >= 4 is 15.9 Å². The smallest absolute Gasteiger partial charge is 0.0484 e. The molecule has 3 rings (SSSR count). The van der Waals surface area contributed by atoms with E-state index in [0.29, 0.717) is 0 Å². The predicted octanol–water partition coefficient (Wildman–Crippen LogP) is 4.27. The second-order valence-corrected chi connectivity index (χ2v) is 7.44. The molecule has 2 aromatic rings. The minimum atomic E-state index is 0.175. The predicted molar refractivity (Wildman–Crippen MR) is 86.7 cm³/mol. The second-order valence-electron chi connectivity index (χ2n) is 6.59. The van der Waals surface area contributed by atoms with Crippen LogP contribution >= 0.6 is 15.9 Å². The van der Waals surface area contributed by atoms with E-state index < -0.39 is 0 Å². The summed E-state index contributed by atoms with van der Waals surface area (Å²) in [4.78, 5) is 0. The molecular formula is C17H21BrN2. The number of hydrogen-bond acceptors (Lipinski definition) is 1.